The first-order valence-corrected chi connectivity index (χ1v) is 7.03. The third-order valence-corrected chi connectivity index (χ3v) is 3.91. The van der Waals surface area contributed by atoms with Crippen LogP contribution >= 0.6 is 0 Å². The van der Waals surface area contributed by atoms with Gasteiger partial charge < -0.3 is 10.2 Å². The minimum Gasteiger partial charge on any atom is -0.312 e. The van der Waals surface area contributed by atoms with E-state index in [1.54, 1.807) is 0 Å². The molecule has 1 fully saturated rings. The summed E-state index contributed by atoms with van der Waals surface area (Å²) < 4.78 is 0. The molecule has 0 aliphatic heterocycles. The van der Waals surface area contributed by atoms with Gasteiger partial charge in [-0.2, -0.15) is 0 Å². The zero-order valence-corrected chi connectivity index (χ0v) is 12.2. The van der Waals surface area contributed by atoms with Crippen molar-refractivity contribution in [3.05, 3.63) is 34.9 Å². The predicted molar refractivity (Wildman–Crippen MR) is 77.9 cm³/mol. The van der Waals surface area contributed by atoms with E-state index in [9.17, 15) is 0 Å². The highest BCUT2D eigenvalue weighted by Crippen LogP contribution is 2.30. The summed E-state index contributed by atoms with van der Waals surface area (Å²) in [5.41, 5.74) is 4.18. The van der Waals surface area contributed by atoms with Gasteiger partial charge in [0, 0.05) is 19.1 Å². The Labute approximate surface area is 111 Å². The maximum absolute atomic E-state index is 3.46. The number of hydrogen-bond acceptors (Lipinski definition) is 2. The van der Waals surface area contributed by atoms with Crippen molar-refractivity contribution >= 4 is 0 Å². The summed E-state index contributed by atoms with van der Waals surface area (Å²) in [4.78, 5) is 2.47. The molecular formula is C16H26N2. The molecule has 0 amide bonds. The predicted octanol–water partition coefficient (Wildman–Crippen LogP) is 2.91. The Morgan fingerprint density at radius 1 is 1.33 bits per heavy atom. The van der Waals surface area contributed by atoms with Gasteiger partial charge in [-0.3, -0.25) is 0 Å². The summed E-state index contributed by atoms with van der Waals surface area (Å²) in [6.45, 7) is 6.72. The molecule has 18 heavy (non-hydrogen) atoms. The Bertz CT molecular complexity index is 396. The van der Waals surface area contributed by atoms with E-state index in [0.29, 0.717) is 6.04 Å². The zero-order chi connectivity index (χ0) is 13.1. The van der Waals surface area contributed by atoms with Crippen molar-refractivity contribution < 1.29 is 0 Å². The van der Waals surface area contributed by atoms with E-state index in [1.165, 1.54) is 36.1 Å². The number of rotatable bonds is 6. The molecule has 0 bridgehead atoms. The van der Waals surface area contributed by atoms with E-state index < -0.39 is 0 Å². The van der Waals surface area contributed by atoms with Crippen molar-refractivity contribution in [2.75, 3.05) is 27.2 Å². The fourth-order valence-corrected chi connectivity index (χ4v) is 2.69. The minimum absolute atomic E-state index is 0.439. The van der Waals surface area contributed by atoms with Crippen LogP contribution in [0, 0.1) is 19.8 Å². The van der Waals surface area contributed by atoms with Gasteiger partial charge >= 0.3 is 0 Å². The summed E-state index contributed by atoms with van der Waals surface area (Å²) in [7, 11) is 4.31. The number of aryl methyl sites for hydroxylation is 2. The molecule has 0 heterocycles. The molecule has 1 saturated carbocycles. The lowest BCUT2D eigenvalue weighted by molar-refractivity contribution is 0.286. The van der Waals surface area contributed by atoms with Crippen LogP contribution in [0.15, 0.2) is 18.2 Å². The van der Waals surface area contributed by atoms with E-state index in [4.69, 9.17) is 0 Å². The first-order valence-electron chi connectivity index (χ1n) is 7.03. The van der Waals surface area contributed by atoms with Crippen molar-refractivity contribution in [2.45, 2.75) is 32.7 Å². The third kappa shape index (κ3) is 3.56. The molecule has 1 aromatic carbocycles. The van der Waals surface area contributed by atoms with Crippen molar-refractivity contribution in [3.8, 4) is 0 Å². The second-order valence-electron chi connectivity index (χ2n) is 5.87. The molecule has 2 rings (SSSR count). The fraction of sp³-hybridized carbons (Fsp3) is 0.625. The van der Waals surface area contributed by atoms with Crippen LogP contribution in [-0.2, 0) is 0 Å². The average molecular weight is 246 g/mol. The van der Waals surface area contributed by atoms with Gasteiger partial charge in [-0.1, -0.05) is 23.8 Å². The highest BCUT2D eigenvalue weighted by atomic mass is 15.1. The summed E-state index contributed by atoms with van der Waals surface area (Å²) in [5, 5.41) is 3.46. The number of likely N-dealkylation sites (N-methyl/N-ethyl adjacent to an activating group) is 2. The van der Waals surface area contributed by atoms with Gasteiger partial charge in [-0.05, 0) is 57.8 Å². The van der Waals surface area contributed by atoms with Crippen LogP contribution in [-0.4, -0.2) is 32.1 Å². The lowest BCUT2D eigenvalue weighted by atomic mass is 9.99. The first kappa shape index (κ1) is 13.6. The molecular weight excluding hydrogens is 220 g/mol. The molecule has 1 atom stereocenters. The molecule has 1 N–H and O–H groups in total. The van der Waals surface area contributed by atoms with Crippen LogP contribution in [0.1, 0.15) is 35.6 Å². The molecule has 0 spiro atoms. The Morgan fingerprint density at radius 3 is 2.61 bits per heavy atom. The topological polar surface area (TPSA) is 15.3 Å². The van der Waals surface area contributed by atoms with Gasteiger partial charge in [-0.25, -0.2) is 0 Å². The van der Waals surface area contributed by atoms with Crippen molar-refractivity contribution in [3.63, 3.8) is 0 Å². The lowest BCUT2D eigenvalue weighted by Gasteiger charge is -2.25. The zero-order valence-electron chi connectivity index (χ0n) is 12.2. The second kappa shape index (κ2) is 5.85. The number of benzene rings is 1. The van der Waals surface area contributed by atoms with Crippen LogP contribution < -0.4 is 5.32 Å². The summed E-state index contributed by atoms with van der Waals surface area (Å²) in [6, 6.07) is 7.21. The molecule has 1 aromatic rings. The van der Waals surface area contributed by atoms with E-state index >= 15 is 0 Å². The van der Waals surface area contributed by atoms with Gasteiger partial charge in [0.15, 0.2) is 0 Å². The van der Waals surface area contributed by atoms with Crippen LogP contribution in [0.3, 0.4) is 0 Å². The largest absolute Gasteiger partial charge is 0.312 e. The number of hydrogen-bond donors (Lipinski definition) is 1. The normalized spacial score (nSPS) is 17.2. The van der Waals surface area contributed by atoms with Crippen LogP contribution in [0.5, 0.6) is 0 Å². The van der Waals surface area contributed by atoms with E-state index in [2.05, 4.69) is 56.4 Å². The first-order chi connectivity index (χ1) is 8.60. The smallest absolute Gasteiger partial charge is 0.0449 e. The molecule has 0 saturated heterocycles. The Balaban J connectivity index is 2.01. The molecule has 0 radical (unpaired) electrons. The van der Waals surface area contributed by atoms with E-state index in [1.807, 2.05) is 0 Å². The summed E-state index contributed by atoms with van der Waals surface area (Å²) in [5.74, 6) is 0.964. The molecule has 100 valence electrons. The SMILES string of the molecule is CNC(CN(C)CC1CC1)c1ccc(C)cc1C. The monoisotopic (exact) mass is 246 g/mol. The summed E-state index contributed by atoms with van der Waals surface area (Å²) >= 11 is 0. The van der Waals surface area contributed by atoms with Gasteiger partial charge in [0.05, 0.1) is 0 Å². The molecule has 0 aromatic heterocycles. The fourth-order valence-electron chi connectivity index (χ4n) is 2.69. The summed E-state index contributed by atoms with van der Waals surface area (Å²) in [6.07, 6.45) is 2.86. The quantitative estimate of drug-likeness (QED) is 0.830. The van der Waals surface area contributed by atoms with Crippen LogP contribution in [0.2, 0.25) is 0 Å². The third-order valence-electron chi connectivity index (χ3n) is 3.91. The lowest BCUT2D eigenvalue weighted by Crippen LogP contribution is -2.32. The van der Waals surface area contributed by atoms with E-state index in [-0.39, 0.29) is 0 Å². The van der Waals surface area contributed by atoms with Gasteiger partial charge in [0.1, 0.15) is 0 Å². The maximum atomic E-state index is 3.46. The molecule has 2 heteroatoms. The highest BCUT2D eigenvalue weighted by molar-refractivity contribution is 5.33. The minimum atomic E-state index is 0.439. The molecule has 2 nitrogen and oxygen atoms in total. The van der Waals surface area contributed by atoms with E-state index in [0.717, 1.165) is 12.5 Å². The van der Waals surface area contributed by atoms with Crippen LogP contribution in [0.25, 0.3) is 0 Å². The molecule has 1 aliphatic carbocycles. The molecule has 1 aliphatic rings. The highest BCUT2D eigenvalue weighted by Gasteiger charge is 2.24. The van der Waals surface area contributed by atoms with Crippen LogP contribution in [0.4, 0.5) is 0 Å². The van der Waals surface area contributed by atoms with Gasteiger partial charge in [-0.15, -0.1) is 0 Å². The average Bonchev–Trinajstić information content (AvgIpc) is 3.10. The van der Waals surface area contributed by atoms with Crippen molar-refractivity contribution in [2.24, 2.45) is 5.92 Å². The number of nitrogens with one attached hydrogen (secondary N) is 1. The molecule has 1 unspecified atom stereocenters. The second-order valence-corrected chi connectivity index (χ2v) is 5.87. The number of nitrogens with zero attached hydrogens (tertiary/aromatic N) is 1. The van der Waals surface area contributed by atoms with Gasteiger partial charge in [0.25, 0.3) is 0 Å². The van der Waals surface area contributed by atoms with Crippen molar-refractivity contribution in [1.29, 1.82) is 0 Å². The Kier molecular flexibility index (Phi) is 4.41. The van der Waals surface area contributed by atoms with Crippen molar-refractivity contribution in [1.82, 2.24) is 10.2 Å². The Morgan fingerprint density at radius 2 is 2.06 bits per heavy atom. The van der Waals surface area contributed by atoms with Gasteiger partial charge in [0.2, 0.25) is 0 Å². The standard InChI is InChI=1S/C16H26N2/c1-12-5-8-15(13(2)9-12)16(17-3)11-18(4)10-14-6-7-14/h5,8-9,14,16-17H,6-7,10-11H2,1-4H3. The Hall–Kier alpha value is -0.860. The maximum Gasteiger partial charge on any atom is 0.0449 e.